The Labute approximate surface area is 401 Å². The highest BCUT2D eigenvalue weighted by molar-refractivity contribution is 6.96. The monoisotopic (exact) mass is 876 g/mol. The van der Waals surface area contributed by atoms with Crippen molar-refractivity contribution in [1.82, 2.24) is 15.0 Å². The third kappa shape index (κ3) is 8.91. The first-order valence-electron chi connectivity index (χ1n) is 23.5. The van der Waals surface area contributed by atoms with Gasteiger partial charge in [0.05, 0.1) is 0 Å². The summed E-state index contributed by atoms with van der Waals surface area (Å²) in [5, 5.41) is 0. The molecule has 0 radical (unpaired) electrons. The molecule has 5 heteroatoms. The van der Waals surface area contributed by atoms with Crippen molar-refractivity contribution in [1.29, 1.82) is 0 Å². The summed E-state index contributed by atoms with van der Waals surface area (Å²) in [6.07, 6.45) is 0. The van der Waals surface area contributed by atoms with E-state index in [0.717, 1.165) is 39.2 Å². The molecule has 0 fully saturated rings. The molecule has 328 valence electrons. The van der Waals surface area contributed by atoms with Crippen molar-refractivity contribution in [2.75, 3.05) is 4.90 Å². The van der Waals surface area contributed by atoms with Gasteiger partial charge >= 0.3 is 0 Å². The number of anilines is 3. The highest BCUT2D eigenvalue weighted by Crippen LogP contribution is 2.37. The SMILES string of the molecule is Cc1cc(C)c(B(c2ccc(N(c3cccc(-c4ccccc4)c3)c3nc(-c4ccccc4)nc(-c4ccc(-c5ccccc5-c5ccccc5)cc4)n3)cc2)c2c(C)cc(C)cc2C)c(C)c1. The molecule has 0 unspecified atom stereocenters. The fourth-order valence-corrected chi connectivity index (χ4v) is 10.1. The molecular formula is C63H53BN4. The Bertz CT molecular complexity index is 3280. The maximum atomic E-state index is 5.37. The smallest absolute Gasteiger partial charge is 0.242 e. The van der Waals surface area contributed by atoms with Crippen molar-refractivity contribution in [3.05, 3.63) is 246 Å². The van der Waals surface area contributed by atoms with Crippen LogP contribution in [-0.2, 0) is 0 Å². The lowest BCUT2D eigenvalue weighted by atomic mass is 9.34. The number of benzene rings is 9. The average Bonchev–Trinajstić information content (AvgIpc) is 3.36. The zero-order chi connectivity index (χ0) is 46.7. The molecule has 0 saturated carbocycles. The fraction of sp³-hybridized carbons (Fsp3) is 0.0952. The average molecular weight is 877 g/mol. The van der Waals surface area contributed by atoms with Crippen LogP contribution in [0.3, 0.4) is 0 Å². The lowest BCUT2D eigenvalue weighted by Gasteiger charge is -2.27. The molecule has 4 nitrogen and oxygen atoms in total. The molecule has 0 aliphatic carbocycles. The Hall–Kier alpha value is -8.15. The molecule has 68 heavy (non-hydrogen) atoms. The van der Waals surface area contributed by atoms with Crippen LogP contribution in [0.2, 0.25) is 0 Å². The summed E-state index contributed by atoms with van der Waals surface area (Å²) < 4.78 is 0. The van der Waals surface area contributed by atoms with Crippen LogP contribution in [0.4, 0.5) is 17.3 Å². The molecule has 10 rings (SSSR count). The molecule has 1 aromatic heterocycles. The van der Waals surface area contributed by atoms with Crippen LogP contribution >= 0.6 is 0 Å². The second-order valence-corrected chi connectivity index (χ2v) is 18.0. The minimum absolute atomic E-state index is 0.0381. The van der Waals surface area contributed by atoms with Crippen molar-refractivity contribution in [3.8, 4) is 56.2 Å². The Morgan fingerprint density at radius 2 is 0.735 bits per heavy atom. The predicted molar refractivity (Wildman–Crippen MR) is 288 cm³/mol. The molecule has 0 amide bonds. The number of rotatable bonds is 11. The highest BCUT2D eigenvalue weighted by Gasteiger charge is 2.29. The molecule has 9 aromatic carbocycles. The van der Waals surface area contributed by atoms with E-state index in [0.29, 0.717) is 17.6 Å². The summed E-state index contributed by atoms with van der Waals surface area (Å²) in [6.45, 7) is 13.5. The van der Waals surface area contributed by atoms with Gasteiger partial charge in [0.2, 0.25) is 12.7 Å². The first-order valence-corrected chi connectivity index (χ1v) is 23.5. The van der Waals surface area contributed by atoms with Crippen LogP contribution in [0, 0.1) is 41.5 Å². The predicted octanol–water partition coefficient (Wildman–Crippen LogP) is 14.0. The second-order valence-electron chi connectivity index (χ2n) is 18.0. The zero-order valence-electron chi connectivity index (χ0n) is 39.6. The molecule has 0 N–H and O–H groups in total. The molecule has 0 spiro atoms. The molecule has 0 bridgehead atoms. The normalized spacial score (nSPS) is 11.1. The topological polar surface area (TPSA) is 41.9 Å². The number of hydrogen-bond donors (Lipinski definition) is 0. The molecule has 10 aromatic rings. The standard InChI is InChI=1S/C63H53BN4/c1-42-37-44(3)59(45(4)38-42)64(60-46(5)39-43(2)40-47(60)6)54-33-35-55(36-34-54)68(56-26-18-25-53(41-56)48-19-10-7-11-20-48)63-66-61(51-23-14-9-15-24-51)65-62(67-63)52-31-29-50(30-32-52)58-28-17-16-27-57(58)49-21-12-8-13-22-49/h7-41H,1-6H3. The van der Waals surface area contributed by atoms with Crippen LogP contribution in [0.1, 0.15) is 33.4 Å². The van der Waals surface area contributed by atoms with E-state index in [1.165, 1.54) is 66.5 Å². The van der Waals surface area contributed by atoms with Crippen LogP contribution < -0.4 is 21.3 Å². The first-order chi connectivity index (χ1) is 33.2. The van der Waals surface area contributed by atoms with Crippen molar-refractivity contribution < 1.29 is 0 Å². The summed E-state index contributed by atoms with van der Waals surface area (Å²) in [4.78, 5) is 18.0. The van der Waals surface area contributed by atoms with Gasteiger partial charge in [-0.2, -0.15) is 9.97 Å². The summed E-state index contributed by atoms with van der Waals surface area (Å²) >= 11 is 0. The van der Waals surface area contributed by atoms with Gasteiger partial charge in [-0.15, -0.1) is 0 Å². The van der Waals surface area contributed by atoms with Gasteiger partial charge in [-0.05, 0) is 99.2 Å². The third-order valence-corrected chi connectivity index (χ3v) is 13.1. The van der Waals surface area contributed by atoms with Gasteiger partial charge in [0.25, 0.3) is 0 Å². The molecule has 0 aliphatic rings. The van der Waals surface area contributed by atoms with Crippen LogP contribution in [0.25, 0.3) is 56.2 Å². The van der Waals surface area contributed by atoms with Gasteiger partial charge in [0, 0.05) is 22.5 Å². The van der Waals surface area contributed by atoms with Gasteiger partial charge in [-0.25, -0.2) is 4.98 Å². The third-order valence-electron chi connectivity index (χ3n) is 13.1. The van der Waals surface area contributed by atoms with Gasteiger partial charge in [-0.1, -0.05) is 238 Å². The summed E-state index contributed by atoms with van der Waals surface area (Å²) in [5.74, 6) is 1.71. The van der Waals surface area contributed by atoms with E-state index < -0.39 is 0 Å². The fourth-order valence-electron chi connectivity index (χ4n) is 10.1. The Kier molecular flexibility index (Phi) is 12.2. The maximum Gasteiger partial charge on any atom is 0.242 e. The molecule has 0 aliphatic heterocycles. The number of aromatic nitrogens is 3. The quantitative estimate of drug-likeness (QED) is 0.121. The van der Waals surface area contributed by atoms with E-state index in [4.69, 9.17) is 15.0 Å². The first kappa shape index (κ1) is 43.7. The Morgan fingerprint density at radius 1 is 0.324 bits per heavy atom. The van der Waals surface area contributed by atoms with E-state index >= 15 is 0 Å². The van der Waals surface area contributed by atoms with Crippen LogP contribution in [0.5, 0.6) is 0 Å². The maximum absolute atomic E-state index is 5.37. The van der Waals surface area contributed by atoms with Crippen molar-refractivity contribution in [2.24, 2.45) is 0 Å². The van der Waals surface area contributed by atoms with Crippen LogP contribution in [-0.4, -0.2) is 21.7 Å². The zero-order valence-corrected chi connectivity index (χ0v) is 39.6. The summed E-state index contributed by atoms with van der Waals surface area (Å²) in [6, 6.07) is 75.5. The van der Waals surface area contributed by atoms with Crippen molar-refractivity contribution >= 4 is 40.4 Å². The molecular weight excluding hydrogens is 824 g/mol. The van der Waals surface area contributed by atoms with E-state index in [9.17, 15) is 0 Å². The number of nitrogens with zero attached hydrogens (tertiary/aromatic N) is 4. The Morgan fingerprint density at radius 3 is 1.25 bits per heavy atom. The van der Waals surface area contributed by atoms with Crippen molar-refractivity contribution in [2.45, 2.75) is 41.5 Å². The second kappa shape index (κ2) is 19.0. The Balaban J connectivity index is 1.14. The molecule has 1 heterocycles. The van der Waals surface area contributed by atoms with E-state index in [1.54, 1.807) is 0 Å². The highest BCUT2D eigenvalue weighted by atomic mass is 15.3. The summed E-state index contributed by atoms with van der Waals surface area (Å²) in [5.41, 5.74) is 22.3. The van der Waals surface area contributed by atoms with Gasteiger partial charge in [-0.3, -0.25) is 4.90 Å². The number of hydrogen-bond acceptors (Lipinski definition) is 4. The lowest BCUT2D eigenvalue weighted by Crippen LogP contribution is -2.55. The van der Waals surface area contributed by atoms with Crippen molar-refractivity contribution in [3.63, 3.8) is 0 Å². The minimum atomic E-state index is 0.0381. The lowest BCUT2D eigenvalue weighted by molar-refractivity contribution is 1.02. The van der Waals surface area contributed by atoms with E-state index in [2.05, 4.69) is 241 Å². The minimum Gasteiger partial charge on any atom is -0.279 e. The number of aryl methyl sites for hydroxylation is 6. The van der Waals surface area contributed by atoms with Crippen LogP contribution in [0.15, 0.2) is 212 Å². The van der Waals surface area contributed by atoms with Gasteiger partial charge in [0.15, 0.2) is 11.6 Å². The summed E-state index contributed by atoms with van der Waals surface area (Å²) in [7, 11) is 0. The van der Waals surface area contributed by atoms with Gasteiger partial charge < -0.3 is 0 Å². The van der Waals surface area contributed by atoms with E-state index in [-0.39, 0.29) is 6.71 Å². The molecule has 0 saturated heterocycles. The van der Waals surface area contributed by atoms with E-state index in [1.807, 2.05) is 18.2 Å². The molecule has 0 atom stereocenters. The van der Waals surface area contributed by atoms with Gasteiger partial charge in [0.1, 0.15) is 0 Å². The largest absolute Gasteiger partial charge is 0.279 e.